The number of ketones is 1. The first-order chi connectivity index (χ1) is 12.3. The Labute approximate surface area is 157 Å². The fourth-order valence-electron chi connectivity index (χ4n) is 7.63. The van der Waals surface area contributed by atoms with Gasteiger partial charge in [-0.2, -0.15) is 0 Å². The SMILES string of the molecule is CC(=O)OC1CC[C@@]2(C)C(=CC[C@H]3[C@@H]4CC[C@H](C(C)=O)[C@@]4(C)CC[C@@H]32)C1. The summed E-state index contributed by atoms with van der Waals surface area (Å²) in [7, 11) is 0. The van der Waals surface area contributed by atoms with E-state index < -0.39 is 0 Å². The molecule has 0 aromatic rings. The van der Waals surface area contributed by atoms with Crippen molar-refractivity contribution in [3.05, 3.63) is 11.6 Å². The Bertz CT molecular complexity index is 650. The van der Waals surface area contributed by atoms with Crippen molar-refractivity contribution in [3.63, 3.8) is 0 Å². The van der Waals surface area contributed by atoms with Gasteiger partial charge in [-0.3, -0.25) is 9.59 Å². The third-order valence-electron chi connectivity index (χ3n) is 8.88. The van der Waals surface area contributed by atoms with E-state index >= 15 is 0 Å². The number of hydrogen-bond donors (Lipinski definition) is 0. The minimum Gasteiger partial charge on any atom is -0.462 e. The molecule has 4 rings (SSSR count). The maximum atomic E-state index is 12.2. The summed E-state index contributed by atoms with van der Waals surface area (Å²) in [5.41, 5.74) is 2.04. The smallest absolute Gasteiger partial charge is 0.302 e. The highest BCUT2D eigenvalue weighted by atomic mass is 16.5. The average Bonchev–Trinajstić information content (AvgIpc) is 2.92. The van der Waals surface area contributed by atoms with Gasteiger partial charge in [0.15, 0.2) is 0 Å². The minimum atomic E-state index is -0.150. The molecule has 7 atom stereocenters. The van der Waals surface area contributed by atoms with Crippen molar-refractivity contribution in [1.82, 2.24) is 0 Å². The summed E-state index contributed by atoms with van der Waals surface area (Å²) in [6, 6.07) is 0. The highest BCUT2D eigenvalue weighted by Gasteiger charge is 2.59. The zero-order valence-corrected chi connectivity index (χ0v) is 16.8. The van der Waals surface area contributed by atoms with Crippen molar-refractivity contribution < 1.29 is 14.3 Å². The first kappa shape index (κ1) is 18.3. The van der Waals surface area contributed by atoms with E-state index in [0.717, 1.165) is 43.9 Å². The van der Waals surface area contributed by atoms with Gasteiger partial charge < -0.3 is 4.74 Å². The molecule has 0 spiro atoms. The first-order valence-electron chi connectivity index (χ1n) is 10.6. The number of ether oxygens (including phenoxy) is 1. The highest BCUT2D eigenvalue weighted by molar-refractivity contribution is 5.79. The molecule has 26 heavy (non-hydrogen) atoms. The van der Waals surface area contributed by atoms with Crippen LogP contribution >= 0.6 is 0 Å². The van der Waals surface area contributed by atoms with Crippen LogP contribution in [0.1, 0.15) is 79.1 Å². The summed E-state index contributed by atoms with van der Waals surface area (Å²) in [6.45, 7) is 8.21. The third-order valence-corrected chi connectivity index (χ3v) is 8.88. The molecule has 3 heteroatoms. The molecule has 0 aromatic carbocycles. The molecule has 144 valence electrons. The molecule has 0 radical (unpaired) electrons. The fourth-order valence-corrected chi connectivity index (χ4v) is 7.63. The molecular formula is C23H34O3. The van der Waals surface area contributed by atoms with Gasteiger partial charge in [-0.05, 0) is 80.5 Å². The van der Waals surface area contributed by atoms with E-state index in [1.54, 1.807) is 12.5 Å². The Morgan fingerprint density at radius 3 is 2.50 bits per heavy atom. The second kappa shape index (κ2) is 6.21. The van der Waals surface area contributed by atoms with Crippen LogP contribution in [0, 0.1) is 34.5 Å². The standard InChI is InChI=1S/C23H34O3/c1-14(24)19-7-8-20-18-6-5-16-13-17(26-15(2)25)9-11-22(16,3)21(18)10-12-23(19,20)4/h5,17-21H,6-13H2,1-4H3/t17?,18-,19+,20-,21-,22-,23+/m0/s1. The van der Waals surface area contributed by atoms with Gasteiger partial charge in [0.1, 0.15) is 11.9 Å². The molecule has 1 unspecified atom stereocenters. The summed E-state index contributed by atoms with van der Waals surface area (Å²) in [5, 5.41) is 0. The van der Waals surface area contributed by atoms with Crippen molar-refractivity contribution in [2.45, 2.75) is 85.2 Å². The Kier molecular flexibility index (Phi) is 4.36. The van der Waals surface area contributed by atoms with Gasteiger partial charge in [-0.1, -0.05) is 25.5 Å². The molecular weight excluding hydrogens is 324 g/mol. The fraction of sp³-hybridized carbons (Fsp3) is 0.826. The van der Waals surface area contributed by atoms with Gasteiger partial charge in [-0.15, -0.1) is 0 Å². The number of hydrogen-bond acceptors (Lipinski definition) is 3. The number of allylic oxidation sites excluding steroid dienone is 1. The Morgan fingerprint density at radius 1 is 1.04 bits per heavy atom. The van der Waals surface area contributed by atoms with Crippen LogP contribution in [0.25, 0.3) is 0 Å². The lowest BCUT2D eigenvalue weighted by atomic mass is 9.47. The molecule has 0 N–H and O–H groups in total. The molecule has 0 bridgehead atoms. The lowest BCUT2D eigenvalue weighted by molar-refractivity contribution is -0.149. The number of esters is 1. The van der Waals surface area contributed by atoms with E-state index in [9.17, 15) is 9.59 Å². The summed E-state index contributed by atoms with van der Waals surface area (Å²) >= 11 is 0. The second-order valence-electron chi connectivity index (χ2n) is 10.0. The van der Waals surface area contributed by atoms with Crippen LogP contribution in [-0.2, 0) is 14.3 Å². The highest BCUT2D eigenvalue weighted by Crippen LogP contribution is 2.66. The van der Waals surface area contributed by atoms with E-state index in [2.05, 4.69) is 19.9 Å². The Hall–Kier alpha value is -1.12. The minimum absolute atomic E-state index is 0.0748. The zero-order chi connectivity index (χ0) is 18.7. The van der Waals surface area contributed by atoms with E-state index in [1.165, 1.54) is 26.2 Å². The van der Waals surface area contributed by atoms with Crippen LogP contribution in [0.3, 0.4) is 0 Å². The van der Waals surface area contributed by atoms with Crippen molar-refractivity contribution in [2.75, 3.05) is 0 Å². The summed E-state index contributed by atoms with van der Waals surface area (Å²) < 4.78 is 5.53. The predicted molar refractivity (Wildman–Crippen MR) is 101 cm³/mol. The average molecular weight is 359 g/mol. The molecule has 0 amide bonds. The van der Waals surface area contributed by atoms with Crippen molar-refractivity contribution in [3.8, 4) is 0 Å². The van der Waals surface area contributed by atoms with Crippen LogP contribution in [0.15, 0.2) is 11.6 Å². The monoisotopic (exact) mass is 358 g/mol. The second-order valence-corrected chi connectivity index (χ2v) is 10.0. The number of carbonyl (C=O) groups is 2. The van der Waals surface area contributed by atoms with E-state index in [0.29, 0.717) is 11.7 Å². The molecule has 0 aliphatic heterocycles. The lowest BCUT2D eigenvalue weighted by Crippen LogP contribution is -2.51. The molecule has 3 saturated carbocycles. The molecule has 0 heterocycles. The van der Waals surface area contributed by atoms with E-state index in [1.807, 2.05) is 0 Å². The largest absolute Gasteiger partial charge is 0.462 e. The van der Waals surface area contributed by atoms with Crippen LogP contribution < -0.4 is 0 Å². The number of fused-ring (bicyclic) bond motifs is 5. The molecule has 3 fully saturated rings. The third kappa shape index (κ3) is 2.60. The summed E-state index contributed by atoms with van der Waals surface area (Å²) in [6.07, 6.45) is 11.6. The normalized spacial score (nSPS) is 47.2. The van der Waals surface area contributed by atoms with Crippen molar-refractivity contribution >= 4 is 11.8 Å². The van der Waals surface area contributed by atoms with Crippen LogP contribution in [-0.4, -0.2) is 17.9 Å². The lowest BCUT2D eigenvalue weighted by Gasteiger charge is -2.58. The van der Waals surface area contributed by atoms with Crippen molar-refractivity contribution in [2.24, 2.45) is 34.5 Å². The van der Waals surface area contributed by atoms with Gasteiger partial charge in [-0.25, -0.2) is 0 Å². The number of rotatable bonds is 2. The summed E-state index contributed by atoms with van der Waals surface area (Å²) in [4.78, 5) is 23.6. The van der Waals surface area contributed by atoms with Crippen molar-refractivity contribution in [1.29, 1.82) is 0 Å². The number of carbonyl (C=O) groups excluding carboxylic acids is 2. The quantitative estimate of drug-likeness (QED) is 0.510. The Balaban J connectivity index is 1.59. The molecule has 0 aromatic heterocycles. The van der Waals surface area contributed by atoms with Gasteiger partial charge in [0, 0.05) is 19.3 Å². The maximum absolute atomic E-state index is 12.2. The molecule has 4 aliphatic rings. The first-order valence-corrected chi connectivity index (χ1v) is 10.6. The zero-order valence-electron chi connectivity index (χ0n) is 16.8. The molecule has 3 nitrogen and oxygen atoms in total. The number of Topliss-reactive ketones (excluding diaryl/α,β-unsaturated/α-hetero) is 1. The predicted octanol–water partition coefficient (Wildman–Crippen LogP) is 5.09. The van der Waals surface area contributed by atoms with Crippen LogP contribution in [0.4, 0.5) is 0 Å². The summed E-state index contributed by atoms with van der Waals surface area (Å²) in [5.74, 6) is 2.72. The van der Waals surface area contributed by atoms with Crippen LogP contribution in [0.2, 0.25) is 0 Å². The van der Waals surface area contributed by atoms with Gasteiger partial charge >= 0.3 is 5.97 Å². The van der Waals surface area contributed by atoms with Gasteiger partial charge in [0.2, 0.25) is 0 Å². The topological polar surface area (TPSA) is 43.4 Å². The van der Waals surface area contributed by atoms with Gasteiger partial charge in [0.05, 0.1) is 0 Å². The molecule has 4 aliphatic carbocycles. The maximum Gasteiger partial charge on any atom is 0.302 e. The van der Waals surface area contributed by atoms with E-state index in [-0.39, 0.29) is 28.8 Å². The van der Waals surface area contributed by atoms with Gasteiger partial charge in [0.25, 0.3) is 0 Å². The van der Waals surface area contributed by atoms with Crippen LogP contribution in [0.5, 0.6) is 0 Å². The van der Waals surface area contributed by atoms with E-state index in [4.69, 9.17) is 4.74 Å². The Morgan fingerprint density at radius 2 is 1.81 bits per heavy atom. The molecule has 0 saturated heterocycles.